The molecule has 0 fully saturated rings. The molecule has 2 rings (SSSR count). The fourth-order valence-electron chi connectivity index (χ4n) is 2.17. The van der Waals surface area contributed by atoms with Crippen LogP contribution >= 0.6 is 11.6 Å². The lowest BCUT2D eigenvalue weighted by molar-refractivity contribution is -0.152. The predicted octanol–water partition coefficient (Wildman–Crippen LogP) is 2.65. The van der Waals surface area contributed by atoms with Gasteiger partial charge in [-0.3, -0.25) is 19.4 Å². The van der Waals surface area contributed by atoms with Crippen LogP contribution in [0, 0.1) is 13.8 Å². The highest BCUT2D eigenvalue weighted by atomic mass is 35.5. The zero-order chi connectivity index (χ0) is 20.0. The van der Waals surface area contributed by atoms with E-state index >= 15 is 0 Å². The Bertz CT molecular complexity index is 870. The van der Waals surface area contributed by atoms with E-state index in [9.17, 15) is 14.4 Å². The number of anilines is 1. The van der Waals surface area contributed by atoms with Crippen LogP contribution in [-0.4, -0.2) is 35.4 Å². The Kier molecular flexibility index (Phi) is 6.90. The van der Waals surface area contributed by atoms with Crippen molar-refractivity contribution in [3.05, 3.63) is 58.4 Å². The molecule has 1 aromatic heterocycles. The second kappa shape index (κ2) is 9.14. The summed E-state index contributed by atoms with van der Waals surface area (Å²) in [6, 6.07) is 8.57. The van der Waals surface area contributed by atoms with Gasteiger partial charge < -0.3 is 15.4 Å². The molecule has 27 heavy (non-hydrogen) atoms. The van der Waals surface area contributed by atoms with E-state index < -0.39 is 30.4 Å². The molecule has 2 N–H and O–H groups in total. The number of benzene rings is 1. The Hall–Kier alpha value is -2.93. The fraction of sp³-hybridized carbons (Fsp3) is 0.263. The van der Waals surface area contributed by atoms with Gasteiger partial charge in [0.2, 0.25) is 0 Å². The zero-order valence-electron chi connectivity index (χ0n) is 15.2. The van der Waals surface area contributed by atoms with Crippen LogP contribution in [0.25, 0.3) is 0 Å². The summed E-state index contributed by atoms with van der Waals surface area (Å²) in [6.45, 7) is 4.84. The number of hydrogen-bond donors (Lipinski definition) is 2. The van der Waals surface area contributed by atoms with Gasteiger partial charge >= 0.3 is 5.97 Å². The van der Waals surface area contributed by atoms with Crippen molar-refractivity contribution >= 4 is 35.1 Å². The number of esters is 1. The number of halogens is 1. The van der Waals surface area contributed by atoms with E-state index in [1.165, 1.54) is 25.3 Å². The van der Waals surface area contributed by atoms with Gasteiger partial charge in [0, 0.05) is 16.9 Å². The maximum Gasteiger partial charge on any atom is 0.326 e. The van der Waals surface area contributed by atoms with Crippen molar-refractivity contribution in [2.24, 2.45) is 0 Å². The van der Waals surface area contributed by atoms with Gasteiger partial charge in [0.05, 0.1) is 0 Å². The fourth-order valence-corrected chi connectivity index (χ4v) is 2.33. The Balaban J connectivity index is 1.84. The minimum atomic E-state index is -1.02. The predicted molar refractivity (Wildman–Crippen MR) is 102 cm³/mol. The lowest BCUT2D eigenvalue weighted by atomic mass is 10.1. The number of aromatic nitrogens is 1. The normalized spacial score (nSPS) is 11.4. The summed E-state index contributed by atoms with van der Waals surface area (Å²) >= 11 is 5.79. The van der Waals surface area contributed by atoms with Gasteiger partial charge in [0.1, 0.15) is 12.2 Å². The van der Waals surface area contributed by atoms with Crippen LogP contribution in [0.15, 0.2) is 36.5 Å². The Morgan fingerprint density at radius 2 is 1.93 bits per heavy atom. The zero-order valence-corrected chi connectivity index (χ0v) is 16.0. The van der Waals surface area contributed by atoms with Gasteiger partial charge in [-0.1, -0.05) is 23.7 Å². The second-order valence-corrected chi connectivity index (χ2v) is 6.42. The number of carbonyl (C=O) groups is 3. The van der Waals surface area contributed by atoms with E-state index in [1.807, 2.05) is 32.0 Å². The summed E-state index contributed by atoms with van der Waals surface area (Å²) < 4.78 is 5.05. The van der Waals surface area contributed by atoms with E-state index in [0.29, 0.717) is 10.7 Å². The molecule has 0 aliphatic carbocycles. The minimum absolute atomic E-state index is 0.0796. The molecule has 7 nitrogen and oxygen atoms in total. The van der Waals surface area contributed by atoms with Crippen LogP contribution in [0.5, 0.6) is 0 Å². The number of pyridine rings is 1. The molecule has 1 heterocycles. The first-order chi connectivity index (χ1) is 12.8. The van der Waals surface area contributed by atoms with Crippen molar-refractivity contribution in [3.63, 3.8) is 0 Å². The SMILES string of the molecule is Cc1ccc(C)c(NC(=O)[C@@H](C)OC(=O)CNC(=O)c2cc(Cl)ccn2)c1. The molecule has 1 atom stereocenters. The topological polar surface area (TPSA) is 97.4 Å². The molecule has 0 saturated carbocycles. The summed E-state index contributed by atoms with van der Waals surface area (Å²) in [4.78, 5) is 39.8. The van der Waals surface area contributed by atoms with E-state index in [4.69, 9.17) is 16.3 Å². The maximum absolute atomic E-state index is 12.2. The van der Waals surface area contributed by atoms with E-state index in [-0.39, 0.29) is 5.69 Å². The van der Waals surface area contributed by atoms with Gasteiger partial charge in [-0.05, 0) is 50.1 Å². The standard InChI is InChI=1S/C19H20ClN3O4/c1-11-4-5-12(2)15(8-11)23-18(25)13(3)27-17(24)10-22-19(26)16-9-14(20)6-7-21-16/h4-9,13H,10H2,1-3H3,(H,22,26)(H,23,25)/t13-/m1/s1. The molecule has 2 aromatic rings. The molecule has 0 radical (unpaired) electrons. The van der Waals surface area contributed by atoms with E-state index in [0.717, 1.165) is 11.1 Å². The third-order valence-electron chi connectivity index (χ3n) is 3.68. The molecule has 2 amide bonds. The molecular weight excluding hydrogens is 370 g/mol. The van der Waals surface area contributed by atoms with Gasteiger partial charge in [0.25, 0.3) is 11.8 Å². The first kappa shape index (κ1) is 20.4. The van der Waals surface area contributed by atoms with Crippen molar-refractivity contribution in [1.29, 1.82) is 0 Å². The van der Waals surface area contributed by atoms with Crippen molar-refractivity contribution in [3.8, 4) is 0 Å². The maximum atomic E-state index is 12.2. The number of aryl methyl sites for hydroxylation is 2. The first-order valence-corrected chi connectivity index (χ1v) is 8.61. The summed E-state index contributed by atoms with van der Waals surface area (Å²) in [6.07, 6.45) is 0.369. The lowest BCUT2D eigenvalue weighted by Gasteiger charge is -2.15. The molecule has 8 heteroatoms. The molecule has 0 aliphatic heterocycles. The highest BCUT2D eigenvalue weighted by Crippen LogP contribution is 2.16. The Labute approximate surface area is 162 Å². The molecule has 0 unspecified atom stereocenters. The van der Waals surface area contributed by atoms with Gasteiger partial charge in [-0.15, -0.1) is 0 Å². The van der Waals surface area contributed by atoms with E-state index in [2.05, 4.69) is 15.6 Å². The number of nitrogens with zero attached hydrogens (tertiary/aromatic N) is 1. The molecule has 142 valence electrons. The van der Waals surface area contributed by atoms with Gasteiger partial charge in [0.15, 0.2) is 6.10 Å². The van der Waals surface area contributed by atoms with Crippen molar-refractivity contribution in [1.82, 2.24) is 10.3 Å². The smallest absolute Gasteiger partial charge is 0.326 e. The van der Waals surface area contributed by atoms with E-state index in [1.54, 1.807) is 0 Å². The summed E-state index contributed by atoms with van der Waals surface area (Å²) in [5.74, 6) is -1.77. The summed E-state index contributed by atoms with van der Waals surface area (Å²) in [7, 11) is 0. The molecule has 0 aliphatic rings. The molecule has 1 aromatic carbocycles. The van der Waals surface area contributed by atoms with Crippen LogP contribution in [0.1, 0.15) is 28.5 Å². The van der Waals surface area contributed by atoms with Crippen LogP contribution in [-0.2, 0) is 14.3 Å². The third kappa shape index (κ3) is 6.07. The number of ether oxygens (including phenoxy) is 1. The lowest BCUT2D eigenvalue weighted by Crippen LogP contribution is -2.36. The number of nitrogens with one attached hydrogen (secondary N) is 2. The third-order valence-corrected chi connectivity index (χ3v) is 3.91. The van der Waals surface area contributed by atoms with Crippen molar-refractivity contribution in [2.75, 3.05) is 11.9 Å². The largest absolute Gasteiger partial charge is 0.451 e. The number of hydrogen-bond acceptors (Lipinski definition) is 5. The number of rotatable bonds is 6. The molecular formula is C19H20ClN3O4. The minimum Gasteiger partial charge on any atom is -0.451 e. The first-order valence-electron chi connectivity index (χ1n) is 8.23. The second-order valence-electron chi connectivity index (χ2n) is 5.98. The monoisotopic (exact) mass is 389 g/mol. The number of amides is 2. The van der Waals surface area contributed by atoms with Crippen LogP contribution in [0.2, 0.25) is 5.02 Å². The van der Waals surface area contributed by atoms with Crippen molar-refractivity contribution < 1.29 is 19.1 Å². The highest BCUT2D eigenvalue weighted by molar-refractivity contribution is 6.30. The Morgan fingerprint density at radius 1 is 1.19 bits per heavy atom. The summed E-state index contributed by atoms with van der Waals surface area (Å²) in [5, 5.41) is 5.45. The number of carbonyl (C=O) groups excluding carboxylic acids is 3. The van der Waals surface area contributed by atoms with Crippen LogP contribution in [0.3, 0.4) is 0 Å². The molecule has 0 spiro atoms. The van der Waals surface area contributed by atoms with Gasteiger partial charge in [-0.2, -0.15) is 0 Å². The average molecular weight is 390 g/mol. The average Bonchev–Trinajstić information content (AvgIpc) is 2.62. The molecule has 0 saturated heterocycles. The van der Waals surface area contributed by atoms with Crippen LogP contribution < -0.4 is 10.6 Å². The van der Waals surface area contributed by atoms with Crippen LogP contribution in [0.4, 0.5) is 5.69 Å². The highest BCUT2D eigenvalue weighted by Gasteiger charge is 2.19. The summed E-state index contributed by atoms with van der Waals surface area (Å²) in [5.41, 5.74) is 2.63. The van der Waals surface area contributed by atoms with Crippen molar-refractivity contribution in [2.45, 2.75) is 26.9 Å². The molecule has 0 bridgehead atoms. The quantitative estimate of drug-likeness (QED) is 0.740. The Morgan fingerprint density at radius 3 is 2.63 bits per heavy atom. The van der Waals surface area contributed by atoms with Gasteiger partial charge in [-0.25, -0.2) is 0 Å².